The van der Waals surface area contributed by atoms with Gasteiger partial charge >= 0.3 is 0 Å². The molecule has 0 heterocycles. The molecule has 2 aromatic rings. The maximum Gasteiger partial charge on any atom is 0.175 e. The Kier molecular flexibility index (Phi) is 3.79. The van der Waals surface area contributed by atoms with Crippen LogP contribution in [-0.4, -0.2) is 10.2 Å². The van der Waals surface area contributed by atoms with E-state index in [4.69, 9.17) is 12.2 Å². The largest absolute Gasteiger partial charge is 0.508 e. The number of thiocarbonyl (C=S) groups is 1. The number of aryl methyl sites for hydroxylation is 1. The molecule has 0 aliphatic rings. The van der Waals surface area contributed by atoms with E-state index in [1.807, 2.05) is 37.3 Å². The van der Waals surface area contributed by atoms with Crippen molar-refractivity contribution in [2.45, 2.75) is 6.92 Å². The zero-order chi connectivity index (χ0) is 13.0. The molecule has 3 N–H and O–H groups in total. The van der Waals surface area contributed by atoms with E-state index in [2.05, 4.69) is 10.6 Å². The molecule has 4 heteroatoms. The molecule has 0 atom stereocenters. The smallest absolute Gasteiger partial charge is 0.175 e. The van der Waals surface area contributed by atoms with Crippen molar-refractivity contribution in [3.8, 4) is 5.75 Å². The Morgan fingerprint density at radius 1 is 1.06 bits per heavy atom. The van der Waals surface area contributed by atoms with Crippen molar-refractivity contribution in [3.05, 3.63) is 54.1 Å². The number of phenolic OH excluding ortho intramolecular Hbond substituents is 1. The Bertz CT molecular complexity index is 555. The molecule has 0 bridgehead atoms. The lowest BCUT2D eigenvalue weighted by Gasteiger charge is -2.12. The summed E-state index contributed by atoms with van der Waals surface area (Å²) in [6, 6.07) is 14.8. The van der Waals surface area contributed by atoms with Crippen LogP contribution in [0.25, 0.3) is 0 Å². The number of para-hydroxylation sites is 1. The van der Waals surface area contributed by atoms with E-state index in [9.17, 15) is 5.11 Å². The Balaban J connectivity index is 2.03. The van der Waals surface area contributed by atoms with Crippen LogP contribution in [0.1, 0.15) is 5.56 Å². The molecule has 2 rings (SSSR count). The highest BCUT2D eigenvalue weighted by Gasteiger charge is 2.02. The first kappa shape index (κ1) is 12.4. The lowest BCUT2D eigenvalue weighted by Crippen LogP contribution is -2.19. The topological polar surface area (TPSA) is 44.3 Å². The Morgan fingerprint density at radius 2 is 1.78 bits per heavy atom. The highest BCUT2D eigenvalue weighted by molar-refractivity contribution is 7.80. The van der Waals surface area contributed by atoms with E-state index >= 15 is 0 Å². The summed E-state index contributed by atoms with van der Waals surface area (Å²) < 4.78 is 0. The number of nitrogens with one attached hydrogen (secondary N) is 2. The van der Waals surface area contributed by atoms with Crippen molar-refractivity contribution in [1.29, 1.82) is 0 Å². The minimum absolute atomic E-state index is 0.250. The van der Waals surface area contributed by atoms with Crippen LogP contribution in [0.5, 0.6) is 5.75 Å². The second-order valence-electron chi connectivity index (χ2n) is 3.94. The molecule has 0 aromatic heterocycles. The van der Waals surface area contributed by atoms with Gasteiger partial charge in [0.1, 0.15) is 5.75 Å². The standard InChI is InChI=1S/C14H14N2OS/c1-10-9-12(17)7-8-13(10)16-14(18)15-11-5-3-2-4-6-11/h2-9,17H,1H3,(H2,15,16,18). The van der Waals surface area contributed by atoms with Gasteiger partial charge in [-0.15, -0.1) is 0 Å². The molecule has 0 amide bonds. The fourth-order valence-electron chi connectivity index (χ4n) is 1.59. The molecule has 0 radical (unpaired) electrons. The summed E-state index contributed by atoms with van der Waals surface area (Å²) in [5.41, 5.74) is 2.75. The van der Waals surface area contributed by atoms with Crippen molar-refractivity contribution in [1.82, 2.24) is 0 Å². The number of rotatable bonds is 2. The van der Waals surface area contributed by atoms with Crippen molar-refractivity contribution in [2.24, 2.45) is 0 Å². The quantitative estimate of drug-likeness (QED) is 0.570. The van der Waals surface area contributed by atoms with Gasteiger partial charge in [0.05, 0.1) is 0 Å². The van der Waals surface area contributed by atoms with Crippen LogP contribution in [0, 0.1) is 6.92 Å². The minimum Gasteiger partial charge on any atom is -0.508 e. The molecule has 0 saturated heterocycles. The molecule has 0 saturated carbocycles. The average molecular weight is 258 g/mol. The molecule has 0 spiro atoms. The molecular weight excluding hydrogens is 244 g/mol. The Hall–Kier alpha value is -2.07. The van der Waals surface area contributed by atoms with E-state index in [0.29, 0.717) is 5.11 Å². The van der Waals surface area contributed by atoms with Crippen LogP contribution in [0.15, 0.2) is 48.5 Å². The van der Waals surface area contributed by atoms with E-state index in [1.54, 1.807) is 18.2 Å². The lowest BCUT2D eigenvalue weighted by atomic mass is 10.2. The second-order valence-corrected chi connectivity index (χ2v) is 4.35. The fourth-order valence-corrected chi connectivity index (χ4v) is 1.82. The van der Waals surface area contributed by atoms with E-state index in [0.717, 1.165) is 16.9 Å². The molecular formula is C14H14N2OS. The van der Waals surface area contributed by atoms with Gasteiger partial charge in [-0.3, -0.25) is 0 Å². The van der Waals surface area contributed by atoms with Gasteiger partial charge in [0.15, 0.2) is 5.11 Å². The first-order chi connectivity index (χ1) is 8.65. The SMILES string of the molecule is Cc1cc(O)ccc1NC(=S)Nc1ccccc1. The van der Waals surface area contributed by atoms with Gasteiger partial charge in [0, 0.05) is 11.4 Å². The second kappa shape index (κ2) is 5.51. The van der Waals surface area contributed by atoms with Gasteiger partial charge in [-0.2, -0.15) is 0 Å². The van der Waals surface area contributed by atoms with Gasteiger partial charge in [-0.1, -0.05) is 18.2 Å². The first-order valence-corrected chi connectivity index (χ1v) is 5.98. The van der Waals surface area contributed by atoms with E-state index in [1.165, 1.54) is 0 Å². The van der Waals surface area contributed by atoms with Crippen molar-refractivity contribution in [3.63, 3.8) is 0 Å². The van der Waals surface area contributed by atoms with E-state index < -0.39 is 0 Å². The molecule has 0 fully saturated rings. The van der Waals surface area contributed by atoms with Crippen LogP contribution in [0.3, 0.4) is 0 Å². The molecule has 0 unspecified atom stereocenters. The maximum absolute atomic E-state index is 9.33. The number of aromatic hydroxyl groups is 1. The zero-order valence-corrected chi connectivity index (χ0v) is 10.8. The molecule has 0 aliphatic carbocycles. The average Bonchev–Trinajstić information content (AvgIpc) is 2.34. The fraction of sp³-hybridized carbons (Fsp3) is 0.0714. The van der Waals surface area contributed by atoms with Crippen LogP contribution in [0.4, 0.5) is 11.4 Å². The Morgan fingerprint density at radius 3 is 2.44 bits per heavy atom. The van der Waals surface area contributed by atoms with Crippen LogP contribution in [-0.2, 0) is 0 Å². The highest BCUT2D eigenvalue weighted by Crippen LogP contribution is 2.20. The lowest BCUT2D eigenvalue weighted by molar-refractivity contribution is 0.475. The summed E-state index contributed by atoms with van der Waals surface area (Å²) in [5.74, 6) is 0.250. The number of phenols is 1. The van der Waals surface area contributed by atoms with Crippen molar-refractivity contribution < 1.29 is 5.11 Å². The predicted octanol–water partition coefficient (Wildman–Crippen LogP) is 3.51. The molecule has 0 aliphatic heterocycles. The highest BCUT2D eigenvalue weighted by atomic mass is 32.1. The summed E-state index contributed by atoms with van der Waals surface area (Å²) in [7, 11) is 0. The van der Waals surface area contributed by atoms with Gasteiger partial charge in [0.2, 0.25) is 0 Å². The number of hydrogen-bond acceptors (Lipinski definition) is 2. The third-order valence-electron chi connectivity index (χ3n) is 2.49. The van der Waals surface area contributed by atoms with Crippen molar-refractivity contribution >= 4 is 28.7 Å². The van der Waals surface area contributed by atoms with Crippen LogP contribution >= 0.6 is 12.2 Å². The number of benzene rings is 2. The minimum atomic E-state index is 0.250. The van der Waals surface area contributed by atoms with Crippen LogP contribution < -0.4 is 10.6 Å². The summed E-state index contributed by atoms with van der Waals surface area (Å²) >= 11 is 5.23. The van der Waals surface area contributed by atoms with Gasteiger partial charge in [-0.25, -0.2) is 0 Å². The van der Waals surface area contributed by atoms with E-state index in [-0.39, 0.29) is 5.75 Å². The summed E-state index contributed by atoms with van der Waals surface area (Å²) in [5, 5.41) is 16.0. The first-order valence-electron chi connectivity index (χ1n) is 5.58. The Labute approximate surface area is 111 Å². The van der Waals surface area contributed by atoms with Crippen molar-refractivity contribution in [2.75, 3.05) is 10.6 Å². The normalized spacial score (nSPS) is 9.83. The molecule has 3 nitrogen and oxygen atoms in total. The van der Waals surface area contributed by atoms with Gasteiger partial charge < -0.3 is 15.7 Å². The third kappa shape index (κ3) is 3.21. The summed E-state index contributed by atoms with van der Waals surface area (Å²) in [6.07, 6.45) is 0. The number of anilines is 2. The monoisotopic (exact) mass is 258 g/mol. The number of hydrogen-bond donors (Lipinski definition) is 3. The summed E-state index contributed by atoms with van der Waals surface area (Å²) in [4.78, 5) is 0. The molecule has 92 valence electrons. The molecule has 2 aromatic carbocycles. The summed E-state index contributed by atoms with van der Waals surface area (Å²) in [6.45, 7) is 1.91. The molecule has 18 heavy (non-hydrogen) atoms. The van der Waals surface area contributed by atoms with Gasteiger partial charge in [-0.05, 0) is 55.0 Å². The maximum atomic E-state index is 9.33. The van der Waals surface area contributed by atoms with Crippen LogP contribution in [0.2, 0.25) is 0 Å². The third-order valence-corrected chi connectivity index (χ3v) is 2.69. The van der Waals surface area contributed by atoms with Gasteiger partial charge in [0.25, 0.3) is 0 Å². The predicted molar refractivity (Wildman–Crippen MR) is 79.1 cm³/mol. The zero-order valence-electron chi connectivity index (χ0n) is 9.97.